The lowest BCUT2D eigenvalue weighted by atomic mass is 10.1. The predicted molar refractivity (Wildman–Crippen MR) is 71.8 cm³/mol. The lowest BCUT2D eigenvalue weighted by Gasteiger charge is -2.19. The fraction of sp³-hybridized carbons (Fsp3) is 0.417. The van der Waals surface area contributed by atoms with Gasteiger partial charge in [-0.05, 0) is 31.4 Å². The summed E-state index contributed by atoms with van der Waals surface area (Å²) in [5.74, 6) is 0.0258. The summed E-state index contributed by atoms with van der Waals surface area (Å²) in [5, 5.41) is 13.8. The molecule has 0 radical (unpaired) electrons. The van der Waals surface area contributed by atoms with Crippen LogP contribution in [0.5, 0.6) is 0 Å². The molecule has 1 aliphatic carbocycles. The zero-order chi connectivity index (χ0) is 12.4. The average molecular weight is 290 g/mol. The van der Waals surface area contributed by atoms with E-state index in [2.05, 4.69) is 11.4 Å². The summed E-state index contributed by atoms with van der Waals surface area (Å²) in [4.78, 5) is 0. The van der Waals surface area contributed by atoms with E-state index in [0.29, 0.717) is 20.8 Å². The van der Waals surface area contributed by atoms with Crippen molar-refractivity contribution in [3.8, 4) is 6.07 Å². The molecule has 1 aromatic carbocycles. The minimum Gasteiger partial charge on any atom is -0.379 e. The number of nitriles is 1. The standard InChI is InChI=1S/C12H11Cl3N2/c13-8-4-9(14)12(10(15)5-8)17-11-3-1-2-7(11)6-16/h4-5,7,11,17H,1-3H2. The summed E-state index contributed by atoms with van der Waals surface area (Å²) in [5.41, 5.74) is 0.671. The van der Waals surface area contributed by atoms with E-state index in [1.807, 2.05) is 0 Å². The Kier molecular flexibility index (Phi) is 4.04. The van der Waals surface area contributed by atoms with Crippen molar-refractivity contribution in [2.45, 2.75) is 25.3 Å². The van der Waals surface area contributed by atoms with Crippen molar-refractivity contribution in [1.29, 1.82) is 5.26 Å². The van der Waals surface area contributed by atoms with Crippen molar-refractivity contribution in [2.24, 2.45) is 5.92 Å². The van der Waals surface area contributed by atoms with Crippen LogP contribution in [0.1, 0.15) is 19.3 Å². The number of hydrogen-bond acceptors (Lipinski definition) is 2. The number of nitrogens with one attached hydrogen (secondary N) is 1. The summed E-state index contributed by atoms with van der Waals surface area (Å²) >= 11 is 18.0. The van der Waals surface area contributed by atoms with Gasteiger partial charge >= 0.3 is 0 Å². The molecule has 2 atom stereocenters. The molecule has 0 spiro atoms. The van der Waals surface area contributed by atoms with Gasteiger partial charge in [0.1, 0.15) is 0 Å². The third-order valence-corrected chi connectivity index (χ3v) is 3.83. The Bertz CT molecular complexity index is 444. The molecule has 0 saturated heterocycles. The molecule has 0 amide bonds. The molecule has 1 N–H and O–H groups in total. The van der Waals surface area contributed by atoms with Crippen LogP contribution in [0.15, 0.2) is 12.1 Å². The fourth-order valence-corrected chi connectivity index (χ4v) is 3.08. The van der Waals surface area contributed by atoms with Crippen LogP contribution in [-0.2, 0) is 0 Å². The summed E-state index contributed by atoms with van der Waals surface area (Å²) in [6.07, 6.45) is 2.95. The number of hydrogen-bond donors (Lipinski definition) is 1. The molecular formula is C12H11Cl3N2. The van der Waals surface area contributed by atoms with Crippen molar-refractivity contribution < 1.29 is 0 Å². The molecule has 2 nitrogen and oxygen atoms in total. The van der Waals surface area contributed by atoms with Gasteiger partial charge < -0.3 is 5.32 Å². The summed E-state index contributed by atoms with van der Waals surface area (Å²) < 4.78 is 0. The zero-order valence-corrected chi connectivity index (χ0v) is 11.3. The van der Waals surface area contributed by atoms with Crippen molar-refractivity contribution in [2.75, 3.05) is 5.32 Å². The Balaban J connectivity index is 2.22. The minimum absolute atomic E-state index is 0.0258. The lowest BCUT2D eigenvalue weighted by Crippen LogP contribution is -2.23. The smallest absolute Gasteiger partial charge is 0.0722 e. The van der Waals surface area contributed by atoms with Crippen LogP contribution in [0.4, 0.5) is 5.69 Å². The van der Waals surface area contributed by atoms with Crippen LogP contribution in [0.2, 0.25) is 15.1 Å². The second-order valence-corrected chi connectivity index (χ2v) is 5.41. The first-order chi connectivity index (χ1) is 8.11. The first-order valence-corrected chi connectivity index (χ1v) is 6.56. The molecule has 1 aliphatic rings. The molecule has 2 unspecified atom stereocenters. The highest BCUT2D eigenvalue weighted by Gasteiger charge is 2.28. The van der Waals surface area contributed by atoms with Gasteiger partial charge in [-0.15, -0.1) is 0 Å². The van der Waals surface area contributed by atoms with Gasteiger partial charge in [-0.2, -0.15) is 5.26 Å². The van der Waals surface area contributed by atoms with Gasteiger partial charge in [0.2, 0.25) is 0 Å². The monoisotopic (exact) mass is 288 g/mol. The Morgan fingerprint density at radius 2 is 1.82 bits per heavy atom. The van der Waals surface area contributed by atoms with Gasteiger partial charge in [0.25, 0.3) is 0 Å². The molecule has 0 heterocycles. The predicted octanol–water partition coefficient (Wildman–Crippen LogP) is 4.75. The first-order valence-electron chi connectivity index (χ1n) is 5.42. The van der Waals surface area contributed by atoms with Crippen LogP contribution in [-0.4, -0.2) is 6.04 Å². The maximum atomic E-state index is 9.02. The quantitative estimate of drug-likeness (QED) is 0.852. The SMILES string of the molecule is N#CC1CCCC1Nc1c(Cl)cc(Cl)cc1Cl. The van der Waals surface area contributed by atoms with E-state index in [1.54, 1.807) is 12.1 Å². The Morgan fingerprint density at radius 1 is 1.18 bits per heavy atom. The summed E-state index contributed by atoms with van der Waals surface area (Å²) in [7, 11) is 0. The van der Waals surface area contributed by atoms with E-state index >= 15 is 0 Å². The Hall–Kier alpha value is -0.620. The summed E-state index contributed by atoms with van der Waals surface area (Å²) in [6.45, 7) is 0. The van der Waals surface area contributed by atoms with Gasteiger partial charge in [0.05, 0.1) is 27.7 Å². The van der Waals surface area contributed by atoms with E-state index in [0.717, 1.165) is 19.3 Å². The third kappa shape index (κ3) is 2.80. The van der Waals surface area contributed by atoms with Gasteiger partial charge in [-0.25, -0.2) is 0 Å². The number of anilines is 1. The molecule has 0 aliphatic heterocycles. The Labute approximate surface area is 115 Å². The van der Waals surface area contributed by atoms with Crippen molar-refractivity contribution in [3.05, 3.63) is 27.2 Å². The third-order valence-electron chi connectivity index (χ3n) is 3.02. The van der Waals surface area contributed by atoms with Crippen LogP contribution >= 0.6 is 34.8 Å². The topological polar surface area (TPSA) is 35.8 Å². The van der Waals surface area contributed by atoms with Gasteiger partial charge in [0, 0.05) is 11.1 Å². The van der Waals surface area contributed by atoms with Crippen molar-refractivity contribution in [3.63, 3.8) is 0 Å². The van der Waals surface area contributed by atoms with Gasteiger partial charge in [0.15, 0.2) is 0 Å². The molecule has 1 fully saturated rings. The molecule has 2 rings (SSSR count). The molecule has 1 aromatic rings. The normalized spacial score (nSPS) is 23.4. The van der Waals surface area contributed by atoms with E-state index in [1.165, 1.54) is 0 Å². The maximum Gasteiger partial charge on any atom is 0.0722 e. The largest absolute Gasteiger partial charge is 0.379 e. The van der Waals surface area contributed by atoms with E-state index in [4.69, 9.17) is 40.1 Å². The molecule has 1 saturated carbocycles. The molecule has 0 bridgehead atoms. The van der Waals surface area contributed by atoms with Crippen molar-refractivity contribution in [1.82, 2.24) is 0 Å². The highest BCUT2D eigenvalue weighted by atomic mass is 35.5. The molecular weight excluding hydrogens is 279 g/mol. The van der Waals surface area contributed by atoms with Crippen molar-refractivity contribution >= 4 is 40.5 Å². The zero-order valence-electron chi connectivity index (χ0n) is 9.01. The van der Waals surface area contributed by atoms with Crippen LogP contribution < -0.4 is 5.32 Å². The second kappa shape index (κ2) is 5.35. The number of rotatable bonds is 2. The maximum absolute atomic E-state index is 9.02. The van der Waals surface area contributed by atoms with Crippen LogP contribution in [0.25, 0.3) is 0 Å². The van der Waals surface area contributed by atoms with Crippen LogP contribution in [0.3, 0.4) is 0 Å². The lowest BCUT2D eigenvalue weighted by molar-refractivity contribution is 0.630. The van der Waals surface area contributed by atoms with Crippen LogP contribution in [0, 0.1) is 17.2 Å². The van der Waals surface area contributed by atoms with E-state index in [9.17, 15) is 0 Å². The Morgan fingerprint density at radius 3 is 2.41 bits per heavy atom. The van der Waals surface area contributed by atoms with Gasteiger partial charge in [-0.3, -0.25) is 0 Å². The number of nitrogens with zero attached hydrogens (tertiary/aromatic N) is 1. The highest BCUT2D eigenvalue weighted by Crippen LogP contribution is 2.37. The molecule has 90 valence electrons. The second-order valence-electron chi connectivity index (χ2n) is 4.16. The molecule has 0 aromatic heterocycles. The minimum atomic E-state index is 0.0258. The first kappa shape index (κ1) is 12.8. The molecule has 5 heteroatoms. The average Bonchev–Trinajstić information content (AvgIpc) is 2.70. The number of halogens is 3. The highest BCUT2D eigenvalue weighted by molar-refractivity contribution is 6.41. The fourth-order valence-electron chi connectivity index (χ4n) is 2.15. The van der Waals surface area contributed by atoms with E-state index < -0.39 is 0 Å². The van der Waals surface area contributed by atoms with Gasteiger partial charge in [-0.1, -0.05) is 34.8 Å². The summed E-state index contributed by atoms with van der Waals surface area (Å²) in [6, 6.07) is 5.72. The van der Waals surface area contributed by atoms with E-state index in [-0.39, 0.29) is 12.0 Å². The number of benzene rings is 1. The molecule has 17 heavy (non-hydrogen) atoms.